The summed E-state index contributed by atoms with van der Waals surface area (Å²) in [5.74, 6) is -1.05. The quantitative estimate of drug-likeness (QED) is 0.805. The van der Waals surface area contributed by atoms with Crippen molar-refractivity contribution in [3.8, 4) is 0 Å². The number of amides is 2. The van der Waals surface area contributed by atoms with Gasteiger partial charge in [-0.25, -0.2) is 4.39 Å². The van der Waals surface area contributed by atoms with E-state index in [1.54, 1.807) is 12.1 Å². The summed E-state index contributed by atoms with van der Waals surface area (Å²) in [7, 11) is 0. The van der Waals surface area contributed by atoms with Crippen LogP contribution in [0.4, 0.5) is 4.39 Å². The van der Waals surface area contributed by atoms with Gasteiger partial charge >= 0.3 is 0 Å². The number of hydrogen-bond donors (Lipinski definition) is 2. The first-order valence-electron chi connectivity index (χ1n) is 6.25. The molecule has 2 rings (SSSR count). The minimum absolute atomic E-state index is 0.0688. The fraction of sp³-hybridized carbons (Fsp3) is 0.286. The van der Waals surface area contributed by atoms with Crippen molar-refractivity contribution < 1.29 is 14.0 Å². The highest BCUT2D eigenvalue weighted by molar-refractivity contribution is 9.10. The zero-order valence-electron chi connectivity index (χ0n) is 10.7. The lowest BCUT2D eigenvalue weighted by atomic mass is 10.2. The van der Waals surface area contributed by atoms with E-state index in [1.807, 2.05) is 0 Å². The van der Waals surface area contributed by atoms with Crippen LogP contribution in [0.1, 0.15) is 18.4 Å². The van der Waals surface area contributed by atoms with E-state index < -0.39 is 11.7 Å². The van der Waals surface area contributed by atoms with Crippen molar-refractivity contribution in [1.82, 2.24) is 10.6 Å². The van der Waals surface area contributed by atoms with Crippen LogP contribution in [0.5, 0.6) is 0 Å². The van der Waals surface area contributed by atoms with E-state index in [0.29, 0.717) is 5.56 Å². The summed E-state index contributed by atoms with van der Waals surface area (Å²) < 4.78 is 14.1. The molecule has 2 N–H and O–H groups in total. The number of benzene rings is 1. The van der Waals surface area contributed by atoms with E-state index in [4.69, 9.17) is 0 Å². The number of carbonyl (C=O) groups is 2. The van der Waals surface area contributed by atoms with Crippen LogP contribution in [0.25, 0.3) is 6.08 Å². The van der Waals surface area contributed by atoms with Crippen LogP contribution < -0.4 is 10.6 Å². The third-order valence-electron chi connectivity index (χ3n) is 2.74. The first-order valence-corrected chi connectivity index (χ1v) is 7.04. The second-order valence-electron chi connectivity index (χ2n) is 4.56. The molecule has 0 atom stereocenters. The fourth-order valence-corrected chi connectivity index (χ4v) is 1.92. The summed E-state index contributed by atoms with van der Waals surface area (Å²) in [4.78, 5) is 22.9. The minimum Gasteiger partial charge on any atom is -0.352 e. The van der Waals surface area contributed by atoms with E-state index >= 15 is 0 Å². The Hall–Kier alpha value is -1.69. The zero-order chi connectivity index (χ0) is 14.5. The number of rotatable bonds is 5. The molecular weight excluding hydrogens is 327 g/mol. The maximum Gasteiger partial charge on any atom is 0.244 e. The molecule has 0 unspecified atom stereocenters. The predicted molar refractivity (Wildman–Crippen MR) is 77.3 cm³/mol. The third kappa shape index (κ3) is 4.77. The molecule has 0 saturated heterocycles. The van der Waals surface area contributed by atoms with Crippen LogP contribution in [0.15, 0.2) is 28.7 Å². The van der Waals surface area contributed by atoms with Gasteiger partial charge in [-0.1, -0.05) is 15.9 Å². The molecular formula is C14H14BrFN2O2. The second-order valence-corrected chi connectivity index (χ2v) is 5.47. The maximum absolute atomic E-state index is 13.4. The molecule has 0 aliphatic heterocycles. The van der Waals surface area contributed by atoms with Crippen LogP contribution >= 0.6 is 15.9 Å². The van der Waals surface area contributed by atoms with E-state index in [9.17, 15) is 14.0 Å². The summed E-state index contributed by atoms with van der Waals surface area (Å²) in [6, 6.07) is 4.73. The topological polar surface area (TPSA) is 58.2 Å². The molecule has 1 saturated carbocycles. The monoisotopic (exact) mass is 340 g/mol. The fourth-order valence-electron chi connectivity index (χ4n) is 1.54. The number of carbonyl (C=O) groups excluding carboxylic acids is 2. The molecule has 1 aliphatic carbocycles. The Balaban J connectivity index is 1.82. The lowest BCUT2D eigenvalue weighted by molar-refractivity contribution is -0.124. The van der Waals surface area contributed by atoms with E-state index in [2.05, 4.69) is 26.6 Å². The summed E-state index contributed by atoms with van der Waals surface area (Å²) in [6.07, 6.45) is 4.58. The molecule has 6 heteroatoms. The molecule has 1 aromatic rings. The largest absolute Gasteiger partial charge is 0.352 e. The van der Waals surface area contributed by atoms with Crippen molar-refractivity contribution in [2.75, 3.05) is 6.54 Å². The molecule has 2 amide bonds. The average Bonchev–Trinajstić information content (AvgIpc) is 3.21. The summed E-state index contributed by atoms with van der Waals surface area (Å²) in [5.41, 5.74) is 0.303. The normalized spacial score (nSPS) is 14.3. The molecule has 0 aromatic heterocycles. The molecule has 1 aromatic carbocycles. The van der Waals surface area contributed by atoms with Crippen LogP contribution in [-0.2, 0) is 9.59 Å². The Bertz CT molecular complexity index is 556. The average molecular weight is 341 g/mol. The van der Waals surface area contributed by atoms with Crippen molar-refractivity contribution in [3.05, 3.63) is 40.1 Å². The van der Waals surface area contributed by atoms with Gasteiger partial charge in [-0.2, -0.15) is 0 Å². The van der Waals surface area contributed by atoms with Gasteiger partial charge in [0.15, 0.2) is 0 Å². The van der Waals surface area contributed by atoms with Gasteiger partial charge < -0.3 is 10.6 Å². The highest BCUT2D eigenvalue weighted by atomic mass is 79.9. The van der Waals surface area contributed by atoms with Gasteiger partial charge in [-0.15, -0.1) is 0 Å². The molecule has 1 fully saturated rings. The Morgan fingerprint density at radius 1 is 1.40 bits per heavy atom. The molecule has 0 heterocycles. The van der Waals surface area contributed by atoms with Crippen LogP contribution in [0, 0.1) is 5.82 Å². The Morgan fingerprint density at radius 3 is 2.85 bits per heavy atom. The maximum atomic E-state index is 13.4. The van der Waals surface area contributed by atoms with Crippen molar-refractivity contribution >= 4 is 33.8 Å². The summed E-state index contributed by atoms with van der Waals surface area (Å²) in [5, 5.41) is 5.20. The van der Waals surface area contributed by atoms with E-state index in [-0.39, 0.29) is 18.5 Å². The SMILES string of the molecule is O=C(/C=C/c1cc(Br)ccc1F)NCC(=O)NC1CC1. The van der Waals surface area contributed by atoms with E-state index in [0.717, 1.165) is 17.3 Å². The first-order chi connectivity index (χ1) is 9.54. The van der Waals surface area contributed by atoms with Gasteiger partial charge in [0.05, 0.1) is 6.54 Å². The Kier molecular flexibility index (Phi) is 4.89. The molecule has 4 nitrogen and oxygen atoms in total. The number of nitrogens with one attached hydrogen (secondary N) is 2. The van der Waals surface area contributed by atoms with Gasteiger partial charge in [0.2, 0.25) is 11.8 Å². The Labute approximate surface area is 124 Å². The number of hydrogen-bond acceptors (Lipinski definition) is 2. The summed E-state index contributed by atoms with van der Waals surface area (Å²) >= 11 is 3.23. The first kappa shape index (κ1) is 14.7. The third-order valence-corrected chi connectivity index (χ3v) is 3.23. The van der Waals surface area contributed by atoms with Crippen LogP contribution in [-0.4, -0.2) is 24.4 Å². The van der Waals surface area contributed by atoms with Gasteiger partial charge in [0.1, 0.15) is 5.82 Å². The van der Waals surface area contributed by atoms with Crippen molar-refractivity contribution in [3.63, 3.8) is 0 Å². The smallest absolute Gasteiger partial charge is 0.244 e. The van der Waals surface area contributed by atoms with Gasteiger partial charge in [0, 0.05) is 22.2 Å². The summed E-state index contributed by atoms with van der Waals surface area (Å²) in [6.45, 7) is -0.0688. The minimum atomic E-state index is -0.435. The molecule has 0 spiro atoms. The molecule has 0 bridgehead atoms. The van der Waals surface area contributed by atoms with Crippen molar-refractivity contribution in [2.45, 2.75) is 18.9 Å². The lowest BCUT2D eigenvalue weighted by Gasteiger charge is -2.03. The van der Waals surface area contributed by atoms with Gasteiger partial charge in [-0.3, -0.25) is 9.59 Å². The molecule has 0 radical (unpaired) electrons. The second kappa shape index (κ2) is 6.65. The van der Waals surface area contributed by atoms with Gasteiger partial charge in [-0.05, 0) is 37.1 Å². The Morgan fingerprint density at radius 2 is 2.15 bits per heavy atom. The lowest BCUT2D eigenvalue weighted by Crippen LogP contribution is -2.37. The van der Waals surface area contributed by atoms with Crippen LogP contribution in [0.2, 0.25) is 0 Å². The standard InChI is InChI=1S/C14H14BrFN2O2/c15-10-2-5-12(16)9(7-10)1-6-13(19)17-8-14(20)18-11-3-4-11/h1-2,5-7,11H,3-4,8H2,(H,17,19)(H,18,20)/b6-1+. The number of halogens is 2. The zero-order valence-corrected chi connectivity index (χ0v) is 12.2. The van der Waals surface area contributed by atoms with E-state index in [1.165, 1.54) is 18.2 Å². The molecule has 20 heavy (non-hydrogen) atoms. The highest BCUT2D eigenvalue weighted by Gasteiger charge is 2.22. The van der Waals surface area contributed by atoms with Gasteiger partial charge in [0.25, 0.3) is 0 Å². The predicted octanol–water partition coefficient (Wildman–Crippen LogP) is 2.00. The molecule has 106 valence electrons. The van der Waals surface area contributed by atoms with Crippen LogP contribution in [0.3, 0.4) is 0 Å². The highest BCUT2D eigenvalue weighted by Crippen LogP contribution is 2.18. The van der Waals surface area contributed by atoms with Crippen molar-refractivity contribution in [2.24, 2.45) is 0 Å². The molecule has 1 aliphatic rings. The van der Waals surface area contributed by atoms with Crippen molar-refractivity contribution in [1.29, 1.82) is 0 Å².